The lowest BCUT2D eigenvalue weighted by molar-refractivity contribution is -0.113. The second-order valence-electron chi connectivity index (χ2n) is 7.61. The van der Waals surface area contributed by atoms with Gasteiger partial charge in [0, 0.05) is 12.7 Å². The maximum Gasteiger partial charge on any atom is 0.270 e. The molecule has 1 atom stereocenters. The van der Waals surface area contributed by atoms with Crippen molar-refractivity contribution in [3.8, 4) is 5.75 Å². The van der Waals surface area contributed by atoms with Crippen molar-refractivity contribution in [3.63, 3.8) is 0 Å². The predicted octanol–water partition coefficient (Wildman–Crippen LogP) is 3.61. The van der Waals surface area contributed by atoms with Crippen LogP contribution in [-0.4, -0.2) is 35.7 Å². The third-order valence-corrected chi connectivity index (χ3v) is 6.98. The second-order valence-corrected chi connectivity index (χ2v) is 8.70. The minimum Gasteiger partial charge on any atom is -0.496 e. The molecule has 29 heavy (non-hydrogen) atoms. The summed E-state index contributed by atoms with van der Waals surface area (Å²) >= 11 is 1.48. The summed E-state index contributed by atoms with van der Waals surface area (Å²) in [5.41, 5.74) is 2.38. The number of carbonyl (C=O) groups is 1. The molecule has 1 aliphatic carbocycles. The van der Waals surface area contributed by atoms with Crippen LogP contribution in [0.2, 0.25) is 0 Å². The van der Waals surface area contributed by atoms with E-state index in [4.69, 9.17) is 9.47 Å². The van der Waals surface area contributed by atoms with Gasteiger partial charge in [-0.15, -0.1) is 11.8 Å². The van der Waals surface area contributed by atoms with Crippen LogP contribution < -0.4 is 15.6 Å². The van der Waals surface area contributed by atoms with Crippen LogP contribution in [0.15, 0.2) is 23.0 Å². The Labute approximate surface area is 174 Å². The molecule has 2 N–H and O–H groups in total. The first-order valence-corrected chi connectivity index (χ1v) is 11.1. The lowest BCUT2D eigenvalue weighted by Gasteiger charge is -2.24. The number of methoxy groups -OCH3 is 2. The van der Waals surface area contributed by atoms with Gasteiger partial charge in [0.2, 0.25) is 5.91 Å². The molecule has 1 aromatic heterocycles. The average Bonchev–Trinajstić information content (AvgIpc) is 2.94. The fourth-order valence-corrected chi connectivity index (χ4v) is 5.46. The number of hydrogen-bond donors (Lipinski definition) is 2. The molecule has 1 amide bonds. The summed E-state index contributed by atoms with van der Waals surface area (Å²) in [6.07, 6.45) is 5.55. The molecule has 1 unspecified atom stereocenters. The SMILES string of the molecule is COCc1cc(C2SCC(=O)Nc3c2c(=O)[nH]n3C2CCCCC2)ccc1OC. The lowest BCUT2D eigenvalue weighted by Crippen LogP contribution is -2.21. The van der Waals surface area contributed by atoms with E-state index in [9.17, 15) is 9.59 Å². The number of rotatable bonds is 5. The number of aromatic amines is 1. The molecule has 0 bridgehead atoms. The quantitative estimate of drug-likeness (QED) is 0.776. The van der Waals surface area contributed by atoms with Gasteiger partial charge in [-0.05, 0) is 30.5 Å². The lowest BCUT2D eigenvalue weighted by atomic mass is 9.95. The van der Waals surface area contributed by atoms with Crippen LogP contribution in [0.1, 0.15) is 60.1 Å². The molecule has 8 heteroatoms. The molecule has 0 saturated heterocycles. The van der Waals surface area contributed by atoms with Crippen LogP contribution in [0.25, 0.3) is 0 Å². The molecule has 156 valence electrons. The molecule has 1 aliphatic heterocycles. The van der Waals surface area contributed by atoms with Gasteiger partial charge in [-0.25, -0.2) is 0 Å². The van der Waals surface area contributed by atoms with Crippen LogP contribution in [0.3, 0.4) is 0 Å². The van der Waals surface area contributed by atoms with Gasteiger partial charge < -0.3 is 14.8 Å². The van der Waals surface area contributed by atoms with Crippen molar-refractivity contribution in [2.45, 2.75) is 50.0 Å². The maximum atomic E-state index is 13.0. The summed E-state index contributed by atoms with van der Waals surface area (Å²) in [5, 5.41) is 5.78. The van der Waals surface area contributed by atoms with Crippen molar-refractivity contribution in [2.75, 3.05) is 25.3 Å². The number of ether oxygens (including phenoxy) is 2. The van der Waals surface area contributed by atoms with Gasteiger partial charge in [-0.3, -0.25) is 19.4 Å². The molecular formula is C21H27N3O4S. The molecular weight excluding hydrogens is 390 g/mol. The van der Waals surface area contributed by atoms with E-state index in [-0.39, 0.29) is 22.8 Å². The van der Waals surface area contributed by atoms with Gasteiger partial charge in [0.25, 0.3) is 5.56 Å². The number of fused-ring (bicyclic) bond motifs is 1. The van der Waals surface area contributed by atoms with Crippen molar-refractivity contribution in [2.24, 2.45) is 0 Å². The Kier molecular flexibility index (Phi) is 6.01. The Hall–Kier alpha value is -2.19. The zero-order valence-electron chi connectivity index (χ0n) is 16.8. The first-order chi connectivity index (χ1) is 14.1. The highest BCUT2D eigenvalue weighted by Crippen LogP contribution is 2.42. The second kappa shape index (κ2) is 8.67. The third kappa shape index (κ3) is 3.96. The Morgan fingerprint density at radius 1 is 1.17 bits per heavy atom. The van der Waals surface area contributed by atoms with E-state index in [1.165, 1.54) is 18.2 Å². The minimum absolute atomic E-state index is 0.0760. The summed E-state index contributed by atoms with van der Waals surface area (Å²) in [5.74, 6) is 1.60. The fourth-order valence-electron chi connectivity index (χ4n) is 4.35. The zero-order valence-corrected chi connectivity index (χ0v) is 17.6. The van der Waals surface area contributed by atoms with E-state index < -0.39 is 0 Å². The van der Waals surface area contributed by atoms with E-state index in [2.05, 4.69) is 10.4 Å². The molecule has 1 aromatic carbocycles. The van der Waals surface area contributed by atoms with Crippen molar-refractivity contribution in [1.82, 2.24) is 9.78 Å². The summed E-state index contributed by atoms with van der Waals surface area (Å²) in [7, 11) is 3.27. The third-order valence-electron chi connectivity index (χ3n) is 5.71. The van der Waals surface area contributed by atoms with Crippen molar-refractivity contribution >= 4 is 23.5 Å². The number of H-pyrrole nitrogens is 1. The summed E-state index contributed by atoms with van der Waals surface area (Å²) < 4.78 is 12.6. The number of thioether (sulfide) groups is 1. The van der Waals surface area contributed by atoms with Crippen molar-refractivity contribution in [1.29, 1.82) is 0 Å². The first kappa shape index (κ1) is 20.1. The molecule has 1 saturated carbocycles. The highest BCUT2D eigenvalue weighted by atomic mass is 32.2. The van der Waals surface area contributed by atoms with Gasteiger partial charge in [-0.1, -0.05) is 25.3 Å². The van der Waals surface area contributed by atoms with Gasteiger partial charge in [0.1, 0.15) is 11.6 Å². The van der Waals surface area contributed by atoms with Crippen LogP contribution in [0, 0.1) is 0 Å². The molecule has 2 heterocycles. The molecule has 2 aliphatic rings. The van der Waals surface area contributed by atoms with E-state index >= 15 is 0 Å². The van der Waals surface area contributed by atoms with Gasteiger partial charge in [0.15, 0.2) is 0 Å². The summed E-state index contributed by atoms with van der Waals surface area (Å²) in [4.78, 5) is 25.4. The fraction of sp³-hybridized carbons (Fsp3) is 0.524. The number of aromatic nitrogens is 2. The maximum absolute atomic E-state index is 13.0. The summed E-state index contributed by atoms with van der Waals surface area (Å²) in [6, 6.07) is 6.10. The number of anilines is 1. The van der Waals surface area contributed by atoms with E-state index in [1.807, 2.05) is 22.9 Å². The van der Waals surface area contributed by atoms with E-state index in [0.717, 1.165) is 42.6 Å². The Morgan fingerprint density at radius 2 is 1.97 bits per heavy atom. The number of amides is 1. The number of benzene rings is 1. The standard InChI is InChI=1S/C21H27N3O4S/c1-27-11-14-10-13(8-9-16(14)28-2)19-18-20(22-17(25)12-29-19)24(23-21(18)26)15-6-4-3-5-7-15/h8-10,15,19H,3-7,11-12H2,1-2H3,(H,22,25)(H,23,26). The molecule has 7 nitrogen and oxygen atoms in total. The van der Waals surface area contributed by atoms with Gasteiger partial charge in [0.05, 0.1) is 36.3 Å². The topological polar surface area (TPSA) is 85.4 Å². The Morgan fingerprint density at radius 3 is 2.69 bits per heavy atom. The molecule has 0 radical (unpaired) electrons. The predicted molar refractivity (Wildman–Crippen MR) is 114 cm³/mol. The molecule has 4 rings (SSSR count). The van der Waals surface area contributed by atoms with Crippen molar-refractivity contribution in [3.05, 3.63) is 45.2 Å². The number of hydrogen-bond acceptors (Lipinski definition) is 5. The highest BCUT2D eigenvalue weighted by molar-refractivity contribution is 8.00. The van der Waals surface area contributed by atoms with Crippen LogP contribution in [0.5, 0.6) is 5.75 Å². The number of carbonyl (C=O) groups excluding carboxylic acids is 1. The van der Waals surface area contributed by atoms with Crippen LogP contribution >= 0.6 is 11.8 Å². The first-order valence-electron chi connectivity index (χ1n) is 10.0. The van der Waals surface area contributed by atoms with Gasteiger partial charge in [-0.2, -0.15) is 0 Å². The number of nitrogens with zero attached hydrogens (tertiary/aromatic N) is 1. The minimum atomic E-state index is -0.237. The van der Waals surface area contributed by atoms with Crippen LogP contribution in [0.4, 0.5) is 5.82 Å². The zero-order chi connectivity index (χ0) is 20.4. The monoisotopic (exact) mass is 417 g/mol. The highest BCUT2D eigenvalue weighted by Gasteiger charge is 2.32. The van der Waals surface area contributed by atoms with Crippen LogP contribution in [-0.2, 0) is 16.1 Å². The molecule has 0 spiro atoms. The van der Waals surface area contributed by atoms with E-state index in [1.54, 1.807) is 14.2 Å². The molecule has 2 aromatic rings. The summed E-state index contributed by atoms with van der Waals surface area (Å²) in [6.45, 7) is 0.415. The van der Waals surface area contributed by atoms with Gasteiger partial charge >= 0.3 is 0 Å². The smallest absolute Gasteiger partial charge is 0.270 e. The van der Waals surface area contributed by atoms with Crippen molar-refractivity contribution < 1.29 is 14.3 Å². The van der Waals surface area contributed by atoms with E-state index in [0.29, 0.717) is 23.7 Å². The average molecular weight is 418 g/mol. The largest absolute Gasteiger partial charge is 0.496 e. The number of nitrogens with one attached hydrogen (secondary N) is 2. The Bertz CT molecular complexity index is 946. The Balaban J connectivity index is 1.79. The molecule has 1 fully saturated rings. The normalized spacial score (nSPS) is 20.1.